The van der Waals surface area contributed by atoms with Crippen molar-refractivity contribution in [3.63, 3.8) is 0 Å². The van der Waals surface area contributed by atoms with E-state index in [2.05, 4.69) is 4.74 Å². The van der Waals surface area contributed by atoms with E-state index in [9.17, 15) is 13.2 Å². The minimum atomic E-state index is -3.87. The van der Waals surface area contributed by atoms with Gasteiger partial charge < -0.3 is 4.74 Å². The van der Waals surface area contributed by atoms with Gasteiger partial charge in [-0.25, -0.2) is 13.2 Å². The largest absolute Gasteiger partial charge is 0.465 e. The summed E-state index contributed by atoms with van der Waals surface area (Å²) in [6, 6.07) is 2.48. The Kier molecular flexibility index (Phi) is 3.83. The van der Waals surface area contributed by atoms with Crippen molar-refractivity contribution in [2.75, 3.05) is 7.11 Å². The fourth-order valence-corrected chi connectivity index (χ4v) is 2.70. The lowest BCUT2D eigenvalue weighted by Crippen LogP contribution is -2.05. The van der Waals surface area contributed by atoms with Gasteiger partial charge in [0.05, 0.1) is 22.6 Å². The molecule has 88 valence electrons. The molecule has 0 saturated carbocycles. The van der Waals surface area contributed by atoms with Crippen molar-refractivity contribution in [3.05, 3.63) is 28.3 Å². The number of ether oxygens (including phenoxy) is 1. The molecule has 0 aliphatic carbocycles. The first-order valence-electron chi connectivity index (χ1n) is 4.11. The minimum absolute atomic E-state index is 0.0218. The van der Waals surface area contributed by atoms with Crippen molar-refractivity contribution in [1.82, 2.24) is 0 Å². The van der Waals surface area contributed by atoms with Crippen LogP contribution in [0.3, 0.4) is 0 Å². The second-order valence-corrected chi connectivity index (χ2v) is 5.89. The normalized spacial score (nSPS) is 11.2. The molecule has 1 rings (SSSR count). The van der Waals surface area contributed by atoms with Crippen LogP contribution in [0.15, 0.2) is 17.0 Å². The van der Waals surface area contributed by atoms with Gasteiger partial charge in [0.15, 0.2) is 0 Å². The van der Waals surface area contributed by atoms with Gasteiger partial charge in [-0.05, 0) is 24.6 Å². The number of rotatable bonds is 2. The monoisotopic (exact) mass is 282 g/mol. The van der Waals surface area contributed by atoms with Crippen LogP contribution in [-0.2, 0) is 13.8 Å². The van der Waals surface area contributed by atoms with Crippen LogP contribution in [-0.4, -0.2) is 21.5 Å². The molecule has 7 heteroatoms. The molecule has 0 aliphatic rings. The molecule has 0 spiro atoms. The topological polar surface area (TPSA) is 60.4 Å². The first kappa shape index (κ1) is 13.3. The molecule has 4 nitrogen and oxygen atoms in total. The Labute approximate surface area is 103 Å². The Morgan fingerprint density at radius 3 is 2.38 bits per heavy atom. The van der Waals surface area contributed by atoms with Crippen molar-refractivity contribution in [2.24, 2.45) is 0 Å². The zero-order valence-electron chi connectivity index (χ0n) is 8.45. The summed E-state index contributed by atoms with van der Waals surface area (Å²) >= 11 is 5.85. The zero-order chi connectivity index (χ0) is 12.5. The molecule has 0 aromatic heterocycles. The van der Waals surface area contributed by atoms with E-state index in [0.717, 1.165) is 0 Å². The van der Waals surface area contributed by atoms with E-state index in [1.807, 2.05) is 0 Å². The summed E-state index contributed by atoms with van der Waals surface area (Å²) in [5.74, 6) is -0.633. The number of hydrogen-bond donors (Lipinski definition) is 0. The van der Waals surface area contributed by atoms with Crippen LogP contribution in [0.1, 0.15) is 15.9 Å². The maximum Gasteiger partial charge on any atom is 0.339 e. The highest BCUT2D eigenvalue weighted by atomic mass is 35.7. The van der Waals surface area contributed by atoms with Gasteiger partial charge in [0, 0.05) is 10.7 Å². The van der Waals surface area contributed by atoms with E-state index in [1.54, 1.807) is 0 Å². The maximum absolute atomic E-state index is 11.3. The van der Waals surface area contributed by atoms with Crippen LogP contribution in [0, 0.1) is 6.92 Å². The fraction of sp³-hybridized carbons (Fsp3) is 0.222. The highest BCUT2D eigenvalue weighted by Gasteiger charge is 2.20. The number of halogens is 2. The van der Waals surface area contributed by atoms with Crippen LogP contribution in [0.25, 0.3) is 0 Å². The van der Waals surface area contributed by atoms with Gasteiger partial charge in [0.25, 0.3) is 9.05 Å². The Hall–Kier alpha value is -0.780. The van der Waals surface area contributed by atoms with E-state index in [1.165, 1.54) is 26.2 Å². The van der Waals surface area contributed by atoms with Gasteiger partial charge in [-0.15, -0.1) is 0 Å². The number of carbonyl (C=O) groups excluding carboxylic acids is 1. The second kappa shape index (κ2) is 4.61. The summed E-state index contributed by atoms with van der Waals surface area (Å²) in [4.78, 5) is 11.1. The van der Waals surface area contributed by atoms with E-state index in [4.69, 9.17) is 22.3 Å². The Morgan fingerprint density at radius 2 is 1.94 bits per heavy atom. The number of methoxy groups -OCH3 is 1. The second-order valence-electron chi connectivity index (χ2n) is 2.98. The van der Waals surface area contributed by atoms with E-state index in [-0.39, 0.29) is 21.0 Å². The van der Waals surface area contributed by atoms with Gasteiger partial charge in [0.1, 0.15) is 0 Å². The van der Waals surface area contributed by atoms with Crippen molar-refractivity contribution in [3.8, 4) is 0 Å². The number of benzene rings is 1. The first-order valence-corrected chi connectivity index (χ1v) is 6.80. The lowest BCUT2D eigenvalue weighted by atomic mass is 10.1. The average Bonchev–Trinajstić information content (AvgIpc) is 2.19. The molecule has 1 aromatic carbocycles. The molecule has 0 radical (unpaired) electrons. The van der Waals surface area contributed by atoms with Crippen LogP contribution < -0.4 is 0 Å². The molecule has 0 N–H and O–H groups in total. The molecular formula is C9H8Cl2O4S. The summed E-state index contributed by atoms with van der Waals surface area (Å²) in [6.45, 7) is 1.46. The van der Waals surface area contributed by atoms with Crippen LogP contribution in [0.4, 0.5) is 0 Å². The summed E-state index contributed by atoms with van der Waals surface area (Å²) in [5.41, 5.74) is 0.324. The van der Waals surface area contributed by atoms with Crippen LogP contribution in [0.5, 0.6) is 0 Å². The SMILES string of the molecule is COC(=O)c1ccc(S(=O)(=O)Cl)c(C)c1Cl. The third-order valence-corrected chi connectivity index (χ3v) is 3.96. The molecule has 0 amide bonds. The van der Waals surface area contributed by atoms with Crippen molar-refractivity contribution >= 4 is 37.3 Å². The third-order valence-electron chi connectivity index (χ3n) is 2.00. The van der Waals surface area contributed by atoms with E-state index >= 15 is 0 Å². The molecule has 0 atom stereocenters. The molecule has 0 bridgehead atoms. The zero-order valence-corrected chi connectivity index (χ0v) is 10.8. The van der Waals surface area contributed by atoms with Gasteiger partial charge >= 0.3 is 5.97 Å². The lowest BCUT2D eigenvalue weighted by Gasteiger charge is -2.08. The standard InChI is InChI=1S/C9H8Cl2O4S/c1-5-7(16(11,13)14)4-3-6(8(5)10)9(12)15-2/h3-4H,1-2H3. The van der Waals surface area contributed by atoms with Crippen molar-refractivity contribution in [1.29, 1.82) is 0 Å². The Bertz CT molecular complexity index is 537. The molecule has 0 unspecified atom stereocenters. The number of esters is 1. The van der Waals surface area contributed by atoms with Crippen molar-refractivity contribution < 1.29 is 17.9 Å². The van der Waals surface area contributed by atoms with Crippen molar-refractivity contribution in [2.45, 2.75) is 11.8 Å². The highest BCUT2D eigenvalue weighted by Crippen LogP contribution is 2.29. The average molecular weight is 283 g/mol. The predicted molar refractivity (Wildman–Crippen MR) is 60.6 cm³/mol. The molecule has 16 heavy (non-hydrogen) atoms. The molecule has 0 heterocycles. The Morgan fingerprint density at radius 1 is 1.38 bits per heavy atom. The maximum atomic E-state index is 11.3. The summed E-state index contributed by atoms with van der Waals surface area (Å²) < 4.78 is 26.8. The van der Waals surface area contributed by atoms with E-state index in [0.29, 0.717) is 0 Å². The molecule has 0 aliphatic heterocycles. The molecular weight excluding hydrogens is 275 g/mol. The predicted octanol–water partition coefficient (Wildman–Crippen LogP) is 2.36. The highest BCUT2D eigenvalue weighted by molar-refractivity contribution is 8.13. The number of hydrogen-bond acceptors (Lipinski definition) is 4. The molecule has 0 saturated heterocycles. The lowest BCUT2D eigenvalue weighted by molar-refractivity contribution is 0.0600. The quantitative estimate of drug-likeness (QED) is 0.617. The third kappa shape index (κ3) is 2.48. The van der Waals surface area contributed by atoms with Gasteiger partial charge in [-0.3, -0.25) is 0 Å². The summed E-state index contributed by atoms with van der Waals surface area (Å²) in [6.07, 6.45) is 0. The number of carbonyl (C=O) groups is 1. The molecule has 1 aromatic rings. The smallest absolute Gasteiger partial charge is 0.339 e. The van der Waals surface area contributed by atoms with E-state index < -0.39 is 15.0 Å². The molecule has 0 fully saturated rings. The first-order chi connectivity index (χ1) is 7.29. The van der Waals surface area contributed by atoms with Gasteiger partial charge in [-0.1, -0.05) is 11.6 Å². The summed E-state index contributed by atoms with van der Waals surface area (Å²) in [5, 5.41) is 0.0218. The van der Waals surface area contributed by atoms with Crippen LogP contribution in [0.2, 0.25) is 5.02 Å². The summed E-state index contributed by atoms with van der Waals surface area (Å²) in [7, 11) is 2.54. The van der Waals surface area contributed by atoms with Gasteiger partial charge in [0.2, 0.25) is 0 Å². The van der Waals surface area contributed by atoms with Crippen LogP contribution >= 0.6 is 22.3 Å². The minimum Gasteiger partial charge on any atom is -0.465 e. The Balaban J connectivity index is 3.47. The van der Waals surface area contributed by atoms with Gasteiger partial charge in [-0.2, -0.15) is 0 Å². The fourth-order valence-electron chi connectivity index (χ4n) is 1.20.